The molecule has 3 rings (SSSR count). The number of rotatable bonds is 2. The van der Waals surface area contributed by atoms with Crippen LogP contribution in [0.2, 0.25) is 0 Å². The van der Waals surface area contributed by atoms with Gasteiger partial charge in [0.25, 0.3) is 0 Å². The van der Waals surface area contributed by atoms with Crippen molar-refractivity contribution in [3.8, 4) is 0 Å². The Balaban J connectivity index is 1.91. The van der Waals surface area contributed by atoms with Gasteiger partial charge >= 0.3 is 0 Å². The molecule has 3 heteroatoms. The molecule has 0 aromatic carbocycles. The van der Waals surface area contributed by atoms with Gasteiger partial charge in [-0.15, -0.1) is 0 Å². The lowest BCUT2D eigenvalue weighted by molar-refractivity contribution is -0.115. The van der Waals surface area contributed by atoms with E-state index in [0.29, 0.717) is 12.2 Å². The number of ketones is 1. The van der Waals surface area contributed by atoms with Crippen LogP contribution in [0.4, 0.5) is 0 Å². The second-order valence-corrected chi connectivity index (χ2v) is 5.34. The van der Waals surface area contributed by atoms with Crippen molar-refractivity contribution in [2.75, 3.05) is 13.1 Å². The van der Waals surface area contributed by atoms with E-state index in [1.54, 1.807) is 0 Å². The fourth-order valence-electron chi connectivity index (χ4n) is 3.15. The zero-order valence-corrected chi connectivity index (χ0v) is 10.5. The molecule has 0 spiro atoms. The third-order valence-corrected chi connectivity index (χ3v) is 4.15. The predicted octanol–water partition coefficient (Wildman–Crippen LogP) is 1.89. The highest BCUT2D eigenvalue weighted by Crippen LogP contribution is 2.42. The van der Waals surface area contributed by atoms with Crippen molar-refractivity contribution in [3.63, 3.8) is 0 Å². The molecular formula is C15H18N2O. The van der Waals surface area contributed by atoms with Crippen LogP contribution in [0.5, 0.6) is 0 Å². The van der Waals surface area contributed by atoms with Crippen LogP contribution in [0.25, 0.3) is 0 Å². The lowest BCUT2D eigenvalue weighted by Crippen LogP contribution is -2.45. The number of fused-ring (bicyclic) bond motifs is 1. The van der Waals surface area contributed by atoms with E-state index in [0.717, 1.165) is 38.0 Å². The summed E-state index contributed by atoms with van der Waals surface area (Å²) in [4.78, 5) is 16.0. The van der Waals surface area contributed by atoms with E-state index in [2.05, 4.69) is 16.4 Å². The molecule has 0 radical (unpaired) electrons. The molecule has 0 amide bonds. The SMILES string of the molecule is O=C1C=C2CCNCC2(Cc2ccccn2)CC1. The quantitative estimate of drug-likeness (QED) is 0.861. The predicted molar refractivity (Wildman–Crippen MR) is 70.2 cm³/mol. The van der Waals surface area contributed by atoms with Crippen LogP contribution in [0.1, 0.15) is 25.0 Å². The van der Waals surface area contributed by atoms with Gasteiger partial charge in [0.05, 0.1) is 0 Å². The van der Waals surface area contributed by atoms with Crippen LogP contribution in [0, 0.1) is 5.41 Å². The Bertz CT molecular complexity index is 481. The summed E-state index contributed by atoms with van der Waals surface area (Å²) in [5.41, 5.74) is 2.59. The summed E-state index contributed by atoms with van der Waals surface area (Å²) in [7, 11) is 0. The monoisotopic (exact) mass is 242 g/mol. The Kier molecular flexibility index (Phi) is 3.00. The van der Waals surface area contributed by atoms with Crippen molar-refractivity contribution in [1.82, 2.24) is 10.3 Å². The molecule has 2 aliphatic rings. The van der Waals surface area contributed by atoms with Gasteiger partial charge in [-0.3, -0.25) is 9.78 Å². The molecule has 2 heterocycles. The first-order valence-electron chi connectivity index (χ1n) is 6.63. The van der Waals surface area contributed by atoms with Gasteiger partial charge in [0.2, 0.25) is 0 Å². The number of nitrogens with one attached hydrogen (secondary N) is 1. The maximum absolute atomic E-state index is 11.6. The summed E-state index contributed by atoms with van der Waals surface area (Å²) in [6.07, 6.45) is 7.32. The Morgan fingerprint density at radius 1 is 1.33 bits per heavy atom. The Morgan fingerprint density at radius 2 is 2.28 bits per heavy atom. The van der Waals surface area contributed by atoms with E-state index in [4.69, 9.17) is 0 Å². The van der Waals surface area contributed by atoms with Crippen molar-refractivity contribution in [2.45, 2.75) is 25.7 Å². The molecular weight excluding hydrogens is 224 g/mol. The van der Waals surface area contributed by atoms with Crippen molar-refractivity contribution < 1.29 is 4.79 Å². The minimum atomic E-state index is 0.126. The molecule has 1 atom stereocenters. The number of pyridine rings is 1. The highest BCUT2D eigenvalue weighted by molar-refractivity contribution is 5.91. The van der Waals surface area contributed by atoms with Crippen LogP contribution in [0.3, 0.4) is 0 Å². The van der Waals surface area contributed by atoms with E-state index >= 15 is 0 Å². The zero-order valence-electron chi connectivity index (χ0n) is 10.5. The molecule has 1 aromatic rings. The van der Waals surface area contributed by atoms with Crippen LogP contribution in [-0.4, -0.2) is 23.9 Å². The average molecular weight is 242 g/mol. The van der Waals surface area contributed by atoms with Crippen molar-refractivity contribution in [1.29, 1.82) is 0 Å². The number of carbonyl (C=O) groups excluding carboxylic acids is 1. The molecule has 1 aliphatic carbocycles. The van der Waals surface area contributed by atoms with E-state index in [-0.39, 0.29) is 5.41 Å². The van der Waals surface area contributed by atoms with E-state index in [1.165, 1.54) is 5.57 Å². The number of hydrogen-bond acceptors (Lipinski definition) is 3. The van der Waals surface area contributed by atoms with Crippen molar-refractivity contribution in [2.24, 2.45) is 5.41 Å². The van der Waals surface area contributed by atoms with Crippen LogP contribution < -0.4 is 5.32 Å². The maximum Gasteiger partial charge on any atom is 0.155 e. The number of hydrogen-bond donors (Lipinski definition) is 1. The fraction of sp³-hybridized carbons (Fsp3) is 0.467. The number of allylic oxidation sites excluding steroid dienone is 1. The van der Waals surface area contributed by atoms with Gasteiger partial charge in [0.1, 0.15) is 0 Å². The first kappa shape index (κ1) is 11.6. The molecule has 1 aliphatic heterocycles. The van der Waals surface area contributed by atoms with Gasteiger partial charge in [-0.2, -0.15) is 0 Å². The molecule has 1 N–H and O–H groups in total. The minimum Gasteiger partial charge on any atom is -0.316 e. The Labute approximate surface area is 107 Å². The topological polar surface area (TPSA) is 42.0 Å². The molecule has 1 unspecified atom stereocenters. The molecule has 1 aromatic heterocycles. The Morgan fingerprint density at radius 3 is 3.11 bits per heavy atom. The zero-order chi connectivity index (χ0) is 12.4. The van der Waals surface area contributed by atoms with Crippen LogP contribution in [0.15, 0.2) is 36.0 Å². The molecule has 3 nitrogen and oxygen atoms in total. The number of carbonyl (C=O) groups is 1. The van der Waals surface area contributed by atoms with Gasteiger partial charge in [0.15, 0.2) is 5.78 Å². The third kappa shape index (κ3) is 2.10. The van der Waals surface area contributed by atoms with Gasteiger partial charge in [-0.1, -0.05) is 11.6 Å². The van der Waals surface area contributed by atoms with Crippen molar-refractivity contribution in [3.05, 3.63) is 41.7 Å². The van der Waals surface area contributed by atoms with Gasteiger partial charge in [0, 0.05) is 36.7 Å². The summed E-state index contributed by atoms with van der Waals surface area (Å²) in [5.74, 6) is 0.295. The average Bonchev–Trinajstić information content (AvgIpc) is 2.40. The third-order valence-electron chi connectivity index (χ3n) is 4.15. The highest BCUT2D eigenvalue weighted by Gasteiger charge is 2.39. The van der Waals surface area contributed by atoms with Crippen molar-refractivity contribution >= 4 is 5.78 Å². The summed E-state index contributed by atoms with van der Waals surface area (Å²) in [6.45, 7) is 1.96. The van der Waals surface area contributed by atoms with Gasteiger partial charge in [-0.05, 0) is 37.6 Å². The molecule has 0 bridgehead atoms. The van der Waals surface area contributed by atoms with Crippen LogP contribution in [-0.2, 0) is 11.2 Å². The van der Waals surface area contributed by atoms with Gasteiger partial charge < -0.3 is 5.32 Å². The second-order valence-electron chi connectivity index (χ2n) is 5.34. The lowest BCUT2D eigenvalue weighted by Gasteiger charge is -2.42. The summed E-state index contributed by atoms with van der Waals surface area (Å²) in [6, 6.07) is 6.06. The van der Waals surface area contributed by atoms with E-state index in [9.17, 15) is 4.79 Å². The number of piperidine rings is 1. The summed E-state index contributed by atoms with van der Waals surface area (Å²) in [5, 5.41) is 3.48. The fourth-order valence-corrected chi connectivity index (χ4v) is 3.15. The largest absolute Gasteiger partial charge is 0.316 e. The minimum absolute atomic E-state index is 0.126. The highest BCUT2D eigenvalue weighted by atomic mass is 16.1. The summed E-state index contributed by atoms with van der Waals surface area (Å²) >= 11 is 0. The summed E-state index contributed by atoms with van der Waals surface area (Å²) < 4.78 is 0. The normalized spacial score (nSPS) is 27.6. The molecule has 1 saturated heterocycles. The molecule has 18 heavy (non-hydrogen) atoms. The second kappa shape index (κ2) is 4.65. The first-order valence-corrected chi connectivity index (χ1v) is 6.63. The van der Waals surface area contributed by atoms with E-state index in [1.807, 2.05) is 24.4 Å². The number of aromatic nitrogens is 1. The maximum atomic E-state index is 11.6. The Hall–Kier alpha value is -1.48. The molecule has 0 saturated carbocycles. The van der Waals surface area contributed by atoms with Crippen LogP contribution >= 0.6 is 0 Å². The standard InChI is InChI=1S/C15H18N2O/c18-14-4-6-15(10-13-3-1-2-7-17-13)11-16-8-5-12(15)9-14/h1-3,7,9,16H,4-6,8,10-11H2. The smallest absolute Gasteiger partial charge is 0.155 e. The molecule has 94 valence electrons. The number of nitrogens with zero attached hydrogens (tertiary/aromatic N) is 1. The molecule has 1 fully saturated rings. The van der Waals surface area contributed by atoms with Gasteiger partial charge in [-0.25, -0.2) is 0 Å². The van der Waals surface area contributed by atoms with E-state index < -0.39 is 0 Å². The first-order chi connectivity index (χ1) is 8.78. The lowest BCUT2D eigenvalue weighted by atomic mass is 9.66.